The molecule has 1 unspecified atom stereocenters. The van der Waals surface area contributed by atoms with Gasteiger partial charge in [-0.05, 0) is 72.3 Å². The molecule has 0 aliphatic carbocycles. The van der Waals surface area contributed by atoms with Gasteiger partial charge in [0.15, 0.2) is 5.84 Å². The van der Waals surface area contributed by atoms with Crippen molar-refractivity contribution in [1.82, 2.24) is 19.4 Å². The fourth-order valence-electron chi connectivity index (χ4n) is 9.11. The molecule has 0 bridgehead atoms. The first kappa shape index (κ1) is 35.6. The van der Waals surface area contributed by atoms with Gasteiger partial charge in [0, 0.05) is 55.2 Å². The van der Waals surface area contributed by atoms with Crippen LogP contribution in [0.3, 0.4) is 0 Å². The van der Waals surface area contributed by atoms with Crippen molar-refractivity contribution in [2.45, 2.75) is 6.17 Å². The average Bonchev–Trinajstić information content (AvgIpc) is 3.88. The summed E-state index contributed by atoms with van der Waals surface area (Å²) in [6.45, 7) is 0. The summed E-state index contributed by atoms with van der Waals surface area (Å²) in [7, 11) is 0. The fourth-order valence-corrected chi connectivity index (χ4v) is 9.11. The normalized spacial score (nSPS) is 14.0. The van der Waals surface area contributed by atoms with Crippen LogP contribution < -0.4 is 5.32 Å². The van der Waals surface area contributed by atoms with Crippen molar-refractivity contribution in [2.24, 2.45) is 9.98 Å². The molecule has 11 aromatic rings. The number of pyridine rings is 1. The molecule has 6 nitrogen and oxygen atoms in total. The van der Waals surface area contributed by atoms with Gasteiger partial charge in [-0.2, -0.15) is 0 Å². The molecule has 0 saturated carbocycles. The Morgan fingerprint density at radius 2 is 1.02 bits per heavy atom. The summed E-state index contributed by atoms with van der Waals surface area (Å²) in [5, 5.41) is 8.40. The first-order valence-corrected chi connectivity index (χ1v) is 21.0. The number of aliphatic imine (C=N–C) groups is 2. The smallest absolute Gasteiger partial charge is 0.159 e. The maximum Gasteiger partial charge on any atom is 0.159 e. The number of amidine groups is 2. The minimum atomic E-state index is -0.263. The second-order valence-corrected chi connectivity index (χ2v) is 15.7. The van der Waals surface area contributed by atoms with Crippen LogP contribution in [0, 0.1) is 0 Å². The Balaban J connectivity index is 1.01. The van der Waals surface area contributed by atoms with E-state index in [-0.39, 0.29) is 6.17 Å². The van der Waals surface area contributed by atoms with Crippen LogP contribution in [0.5, 0.6) is 0 Å². The van der Waals surface area contributed by atoms with Gasteiger partial charge in [0.1, 0.15) is 12.0 Å². The zero-order valence-electron chi connectivity index (χ0n) is 33.6. The van der Waals surface area contributed by atoms with Crippen molar-refractivity contribution in [3.05, 3.63) is 235 Å². The Morgan fingerprint density at radius 3 is 1.77 bits per heavy atom. The van der Waals surface area contributed by atoms with Crippen molar-refractivity contribution < 1.29 is 0 Å². The minimum Gasteiger partial charge on any atom is -0.344 e. The monoisotopic (exact) mass is 794 g/mol. The first-order chi connectivity index (χ1) is 30.7. The highest BCUT2D eigenvalue weighted by atomic mass is 15.2. The van der Waals surface area contributed by atoms with E-state index in [9.17, 15) is 0 Å². The van der Waals surface area contributed by atoms with Gasteiger partial charge >= 0.3 is 0 Å². The SMILES string of the molecule is c1ccc(C2=NC(c3ccc(-n4c5ccccc5c5c4ccc4c6ccccc6n(-c6cccc(-c7cccc(-c8ccccc8)n7)c6)c45)cc3)=NC(c3ccccc3)N2)cc1. The Kier molecular flexibility index (Phi) is 8.45. The van der Waals surface area contributed by atoms with Crippen LogP contribution in [-0.2, 0) is 0 Å². The minimum absolute atomic E-state index is 0.263. The second kappa shape index (κ2) is 14.7. The molecule has 8 aromatic carbocycles. The van der Waals surface area contributed by atoms with E-state index >= 15 is 0 Å². The predicted molar refractivity (Wildman–Crippen MR) is 256 cm³/mol. The number of benzene rings is 8. The lowest BCUT2D eigenvalue weighted by Gasteiger charge is -2.23. The van der Waals surface area contributed by atoms with E-state index in [1.165, 1.54) is 27.1 Å². The molecular formula is C56H38N6. The molecule has 0 amide bonds. The number of nitrogens with zero attached hydrogens (tertiary/aromatic N) is 5. The number of aromatic nitrogens is 3. The molecule has 0 fully saturated rings. The van der Waals surface area contributed by atoms with Crippen molar-refractivity contribution >= 4 is 55.3 Å². The number of rotatable bonds is 7. The zero-order valence-corrected chi connectivity index (χ0v) is 33.6. The van der Waals surface area contributed by atoms with Gasteiger partial charge in [0.25, 0.3) is 0 Å². The summed E-state index contributed by atoms with van der Waals surface area (Å²) in [6.07, 6.45) is -0.263. The summed E-state index contributed by atoms with van der Waals surface area (Å²) >= 11 is 0. The number of nitrogens with one attached hydrogen (secondary N) is 1. The average molecular weight is 795 g/mol. The van der Waals surface area contributed by atoms with Gasteiger partial charge < -0.3 is 14.5 Å². The highest BCUT2D eigenvalue weighted by Crippen LogP contribution is 2.42. The Labute approximate surface area is 358 Å². The van der Waals surface area contributed by atoms with E-state index in [0.717, 1.165) is 73.0 Å². The maximum atomic E-state index is 5.13. The fraction of sp³-hybridized carbons (Fsp3) is 0.0179. The third-order valence-corrected chi connectivity index (χ3v) is 12.0. The number of hydrogen-bond acceptors (Lipinski definition) is 4. The third kappa shape index (κ3) is 6.00. The van der Waals surface area contributed by atoms with E-state index in [0.29, 0.717) is 5.84 Å². The van der Waals surface area contributed by atoms with Crippen molar-refractivity contribution in [3.8, 4) is 33.9 Å². The van der Waals surface area contributed by atoms with Crippen molar-refractivity contribution in [3.63, 3.8) is 0 Å². The molecule has 1 atom stereocenters. The molecule has 12 rings (SSSR count). The summed E-state index contributed by atoms with van der Waals surface area (Å²) in [5.74, 6) is 1.50. The molecule has 1 aliphatic rings. The van der Waals surface area contributed by atoms with Crippen molar-refractivity contribution in [1.29, 1.82) is 0 Å². The van der Waals surface area contributed by atoms with E-state index in [1.807, 2.05) is 30.3 Å². The molecule has 292 valence electrons. The summed E-state index contributed by atoms with van der Waals surface area (Å²) in [5.41, 5.74) is 13.9. The topological polar surface area (TPSA) is 59.5 Å². The van der Waals surface area contributed by atoms with Crippen LogP contribution in [0.1, 0.15) is 22.9 Å². The number of para-hydroxylation sites is 2. The molecular weight excluding hydrogens is 757 g/mol. The van der Waals surface area contributed by atoms with Crippen LogP contribution in [0.25, 0.3) is 77.5 Å². The number of hydrogen-bond donors (Lipinski definition) is 1. The van der Waals surface area contributed by atoms with E-state index < -0.39 is 0 Å². The molecule has 1 aliphatic heterocycles. The van der Waals surface area contributed by atoms with Crippen molar-refractivity contribution in [2.75, 3.05) is 0 Å². The van der Waals surface area contributed by atoms with E-state index in [4.69, 9.17) is 15.0 Å². The largest absolute Gasteiger partial charge is 0.344 e. The van der Waals surface area contributed by atoms with Gasteiger partial charge in [-0.1, -0.05) is 152 Å². The van der Waals surface area contributed by atoms with Gasteiger partial charge in [-0.3, -0.25) is 0 Å². The molecule has 3 aromatic heterocycles. The Morgan fingerprint density at radius 1 is 0.403 bits per heavy atom. The summed E-state index contributed by atoms with van der Waals surface area (Å²) in [6, 6.07) is 76.8. The van der Waals surface area contributed by atoms with Crippen LogP contribution in [0.2, 0.25) is 0 Å². The lowest BCUT2D eigenvalue weighted by molar-refractivity contribution is 0.674. The predicted octanol–water partition coefficient (Wildman–Crippen LogP) is 13.1. The van der Waals surface area contributed by atoms with Gasteiger partial charge in [0.2, 0.25) is 0 Å². The van der Waals surface area contributed by atoms with Gasteiger partial charge in [-0.25, -0.2) is 15.0 Å². The van der Waals surface area contributed by atoms with Gasteiger partial charge in [-0.15, -0.1) is 0 Å². The Hall–Kier alpha value is -8.35. The summed E-state index contributed by atoms with van der Waals surface area (Å²) in [4.78, 5) is 15.3. The molecule has 0 spiro atoms. The quantitative estimate of drug-likeness (QED) is 0.175. The molecule has 0 radical (unpaired) electrons. The lowest BCUT2D eigenvalue weighted by atomic mass is 10.1. The summed E-state index contributed by atoms with van der Waals surface area (Å²) < 4.78 is 4.83. The van der Waals surface area contributed by atoms with E-state index in [2.05, 4.69) is 203 Å². The molecule has 4 heterocycles. The first-order valence-electron chi connectivity index (χ1n) is 21.0. The molecule has 0 saturated heterocycles. The van der Waals surface area contributed by atoms with Crippen LogP contribution in [0.4, 0.5) is 0 Å². The molecule has 6 heteroatoms. The second-order valence-electron chi connectivity index (χ2n) is 15.7. The van der Waals surface area contributed by atoms with E-state index in [1.54, 1.807) is 0 Å². The standard InChI is InChI=1S/C56H38N6/c1-4-16-37(17-5-1)47-26-15-27-48(57-47)41-22-14-23-43(36-41)62-49-28-12-10-24-44(49)45-34-35-51-52(53(45)62)46-25-11-13-29-50(46)61(51)42-32-30-40(31-33-42)56-59-54(38-18-6-2-7-19-38)58-55(60-56)39-20-8-3-9-21-39/h1-36,54H,(H,58,59,60). The highest BCUT2D eigenvalue weighted by Gasteiger charge is 2.23. The van der Waals surface area contributed by atoms with Crippen LogP contribution in [-0.4, -0.2) is 25.8 Å². The Bertz CT molecular complexity index is 3530. The zero-order chi connectivity index (χ0) is 41.0. The molecule has 1 N–H and O–H groups in total. The van der Waals surface area contributed by atoms with Gasteiger partial charge in [0.05, 0.1) is 33.5 Å². The third-order valence-electron chi connectivity index (χ3n) is 12.0. The van der Waals surface area contributed by atoms with Crippen LogP contribution in [0.15, 0.2) is 228 Å². The highest BCUT2D eigenvalue weighted by molar-refractivity contribution is 6.26. The maximum absolute atomic E-state index is 5.13. The molecule has 62 heavy (non-hydrogen) atoms. The number of fused-ring (bicyclic) bond motifs is 7. The van der Waals surface area contributed by atoms with Crippen LogP contribution >= 0.6 is 0 Å². The lowest BCUT2D eigenvalue weighted by Crippen LogP contribution is -2.33.